The van der Waals surface area contributed by atoms with Gasteiger partial charge in [0.25, 0.3) is 0 Å². The fourth-order valence-corrected chi connectivity index (χ4v) is 5.16. The van der Waals surface area contributed by atoms with Crippen molar-refractivity contribution in [2.75, 3.05) is 71.6 Å². The van der Waals surface area contributed by atoms with E-state index in [4.69, 9.17) is 9.47 Å². The van der Waals surface area contributed by atoms with Crippen LogP contribution >= 0.6 is 11.8 Å². The molecule has 7 heteroatoms. The molecule has 1 N–H and O–H groups in total. The second-order valence-electron chi connectivity index (χ2n) is 7.11. The average molecular weight is 393 g/mol. The van der Waals surface area contributed by atoms with Crippen LogP contribution in [0.1, 0.15) is 6.42 Å². The largest absolute Gasteiger partial charge is 0.492 e. The maximum absolute atomic E-state index is 5.81. The number of rotatable bonds is 7. The second-order valence-corrected chi connectivity index (χ2v) is 8.22. The number of aliphatic imine (C=N–C) groups is 1. The minimum Gasteiger partial charge on any atom is -0.492 e. The fourth-order valence-electron chi connectivity index (χ4n) is 3.69. The van der Waals surface area contributed by atoms with Crippen molar-refractivity contribution in [1.82, 2.24) is 15.1 Å². The van der Waals surface area contributed by atoms with Crippen LogP contribution in [0.3, 0.4) is 0 Å². The highest BCUT2D eigenvalue weighted by atomic mass is 32.2. The SMILES string of the molecule is CN=C(NCC1(N2CCOCC2)CCSC1)N(C)CCOc1ccccc1. The number of hydrogen-bond donors (Lipinski definition) is 1. The third-order valence-electron chi connectivity index (χ3n) is 5.35. The van der Waals surface area contributed by atoms with E-state index in [9.17, 15) is 0 Å². The van der Waals surface area contributed by atoms with Gasteiger partial charge in [-0.3, -0.25) is 9.89 Å². The Labute approximate surface area is 167 Å². The van der Waals surface area contributed by atoms with Gasteiger partial charge in [0.1, 0.15) is 12.4 Å². The lowest BCUT2D eigenvalue weighted by atomic mass is 9.95. The number of morpholine rings is 1. The van der Waals surface area contributed by atoms with Gasteiger partial charge in [0.15, 0.2) is 5.96 Å². The molecule has 1 aromatic rings. The summed E-state index contributed by atoms with van der Waals surface area (Å²) < 4.78 is 11.4. The number of thioether (sulfide) groups is 1. The molecule has 6 nitrogen and oxygen atoms in total. The van der Waals surface area contributed by atoms with Crippen LogP contribution in [0.15, 0.2) is 35.3 Å². The van der Waals surface area contributed by atoms with E-state index in [1.165, 1.54) is 17.9 Å². The Morgan fingerprint density at radius 3 is 2.78 bits per heavy atom. The lowest BCUT2D eigenvalue weighted by Gasteiger charge is -2.43. The summed E-state index contributed by atoms with van der Waals surface area (Å²) in [4.78, 5) is 9.23. The Morgan fingerprint density at radius 2 is 2.11 bits per heavy atom. The molecule has 2 heterocycles. The Bertz CT molecular complexity index is 587. The topological polar surface area (TPSA) is 49.3 Å². The monoisotopic (exact) mass is 392 g/mol. The molecular formula is C20H32N4O2S. The predicted molar refractivity (Wildman–Crippen MR) is 113 cm³/mol. The van der Waals surface area contributed by atoms with Gasteiger partial charge in [0.05, 0.1) is 19.8 Å². The Morgan fingerprint density at radius 1 is 1.33 bits per heavy atom. The number of nitrogens with one attached hydrogen (secondary N) is 1. The number of ether oxygens (including phenoxy) is 2. The van der Waals surface area contributed by atoms with Crippen molar-refractivity contribution in [2.45, 2.75) is 12.0 Å². The Kier molecular flexibility index (Phi) is 7.67. The molecule has 0 bridgehead atoms. The predicted octanol–water partition coefficient (Wildman–Crippen LogP) is 1.78. The summed E-state index contributed by atoms with van der Waals surface area (Å²) in [6.45, 7) is 6.09. The number of hydrogen-bond acceptors (Lipinski definition) is 5. The molecule has 2 aliphatic heterocycles. The van der Waals surface area contributed by atoms with E-state index < -0.39 is 0 Å². The summed E-state index contributed by atoms with van der Waals surface area (Å²) in [6.07, 6.45) is 1.22. The van der Waals surface area contributed by atoms with Crippen LogP contribution in [0.2, 0.25) is 0 Å². The number of nitrogens with zero attached hydrogens (tertiary/aromatic N) is 3. The number of para-hydroxylation sites is 1. The van der Waals surface area contributed by atoms with Crippen molar-refractivity contribution in [3.05, 3.63) is 30.3 Å². The van der Waals surface area contributed by atoms with Crippen LogP contribution in [0.5, 0.6) is 5.75 Å². The average Bonchev–Trinajstić information content (AvgIpc) is 3.20. The van der Waals surface area contributed by atoms with Gasteiger partial charge in [-0.1, -0.05) is 18.2 Å². The molecule has 3 rings (SSSR count). The van der Waals surface area contributed by atoms with Crippen LogP contribution in [0.25, 0.3) is 0 Å². The van der Waals surface area contributed by atoms with Crippen LogP contribution in [-0.2, 0) is 4.74 Å². The highest BCUT2D eigenvalue weighted by molar-refractivity contribution is 7.99. The first-order valence-electron chi connectivity index (χ1n) is 9.74. The van der Waals surface area contributed by atoms with E-state index in [0.29, 0.717) is 6.61 Å². The molecule has 0 radical (unpaired) electrons. The maximum Gasteiger partial charge on any atom is 0.193 e. The maximum atomic E-state index is 5.81. The lowest BCUT2D eigenvalue weighted by Crippen LogP contribution is -2.60. The molecule has 0 aromatic heterocycles. The van der Waals surface area contributed by atoms with Crippen molar-refractivity contribution in [2.24, 2.45) is 4.99 Å². The summed E-state index contributed by atoms with van der Waals surface area (Å²) in [5.41, 5.74) is 0.214. The van der Waals surface area contributed by atoms with Gasteiger partial charge in [0, 0.05) is 45.0 Å². The molecule has 27 heavy (non-hydrogen) atoms. The highest BCUT2D eigenvalue weighted by Gasteiger charge is 2.40. The van der Waals surface area contributed by atoms with E-state index >= 15 is 0 Å². The van der Waals surface area contributed by atoms with Crippen LogP contribution in [0, 0.1) is 0 Å². The quantitative estimate of drug-likeness (QED) is 0.564. The van der Waals surface area contributed by atoms with Gasteiger partial charge in [0.2, 0.25) is 0 Å². The molecule has 1 aromatic carbocycles. The summed E-state index contributed by atoms with van der Waals surface area (Å²) >= 11 is 2.06. The second kappa shape index (κ2) is 10.2. The molecule has 150 valence electrons. The standard InChI is InChI=1S/C20H32N4O2S/c1-21-19(23(2)9-14-26-18-6-4-3-5-7-18)22-16-20(8-15-27-17-20)24-10-12-25-13-11-24/h3-7H,8-17H2,1-2H3,(H,21,22). The first-order chi connectivity index (χ1) is 13.2. The zero-order chi connectivity index (χ0) is 19.0. The van der Waals surface area contributed by atoms with Gasteiger partial charge in [-0.05, 0) is 24.3 Å². The first kappa shape index (κ1) is 20.3. The minimum atomic E-state index is 0.214. The fraction of sp³-hybridized carbons (Fsp3) is 0.650. The molecule has 0 aliphatic carbocycles. The zero-order valence-corrected chi connectivity index (χ0v) is 17.3. The third kappa shape index (κ3) is 5.53. The van der Waals surface area contributed by atoms with Gasteiger partial charge in [-0.2, -0.15) is 11.8 Å². The van der Waals surface area contributed by atoms with Crippen LogP contribution in [0.4, 0.5) is 0 Å². The molecule has 1 atom stereocenters. The van der Waals surface area contributed by atoms with E-state index in [0.717, 1.165) is 51.1 Å². The van der Waals surface area contributed by atoms with Gasteiger partial charge < -0.3 is 19.7 Å². The Balaban J connectivity index is 1.49. The van der Waals surface area contributed by atoms with E-state index in [1.807, 2.05) is 37.4 Å². The smallest absolute Gasteiger partial charge is 0.193 e. The van der Waals surface area contributed by atoms with Crippen molar-refractivity contribution in [1.29, 1.82) is 0 Å². The summed E-state index contributed by atoms with van der Waals surface area (Å²) in [5.74, 6) is 4.25. The number of guanidine groups is 1. The lowest BCUT2D eigenvalue weighted by molar-refractivity contribution is -0.0121. The van der Waals surface area contributed by atoms with Crippen molar-refractivity contribution < 1.29 is 9.47 Å². The van der Waals surface area contributed by atoms with Crippen molar-refractivity contribution in [3.8, 4) is 5.75 Å². The number of likely N-dealkylation sites (N-methyl/N-ethyl adjacent to an activating group) is 1. The van der Waals surface area contributed by atoms with Crippen LogP contribution < -0.4 is 10.1 Å². The zero-order valence-electron chi connectivity index (χ0n) is 16.5. The number of benzene rings is 1. The molecule has 2 saturated heterocycles. The Hall–Kier alpha value is -1.44. The van der Waals surface area contributed by atoms with Crippen molar-refractivity contribution in [3.63, 3.8) is 0 Å². The van der Waals surface area contributed by atoms with E-state index in [2.05, 4.69) is 38.9 Å². The molecule has 2 fully saturated rings. The van der Waals surface area contributed by atoms with Gasteiger partial charge in [-0.15, -0.1) is 0 Å². The first-order valence-corrected chi connectivity index (χ1v) is 10.9. The summed E-state index contributed by atoms with van der Waals surface area (Å²) in [5, 5.41) is 3.62. The van der Waals surface area contributed by atoms with Gasteiger partial charge >= 0.3 is 0 Å². The van der Waals surface area contributed by atoms with E-state index in [1.54, 1.807) is 0 Å². The molecule has 0 saturated carbocycles. The summed E-state index contributed by atoms with van der Waals surface area (Å²) in [7, 11) is 3.91. The molecule has 0 spiro atoms. The molecule has 2 aliphatic rings. The molecule has 0 amide bonds. The third-order valence-corrected chi connectivity index (χ3v) is 6.59. The molecule has 1 unspecified atom stereocenters. The van der Waals surface area contributed by atoms with Crippen LogP contribution in [-0.4, -0.2) is 92.9 Å². The van der Waals surface area contributed by atoms with Gasteiger partial charge in [-0.25, -0.2) is 0 Å². The highest BCUT2D eigenvalue weighted by Crippen LogP contribution is 2.33. The molecular weight excluding hydrogens is 360 g/mol. The summed E-state index contributed by atoms with van der Waals surface area (Å²) in [6, 6.07) is 9.94. The normalized spacial score (nSPS) is 24.0. The minimum absolute atomic E-state index is 0.214. The van der Waals surface area contributed by atoms with Crippen molar-refractivity contribution >= 4 is 17.7 Å². The van der Waals surface area contributed by atoms with E-state index in [-0.39, 0.29) is 5.54 Å².